The first-order valence-corrected chi connectivity index (χ1v) is 9.64. The summed E-state index contributed by atoms with van der Waals surface area (Å²) in [5.41, 5.74) is 1.13. The van der Waals surface area contributed by atoms with Crippen molar-refractivity contribution in [2.75, 3.05) is 32.8 Å². The summed E-state index contributed by atoms with van der Waals surface area (Å²) < 4.78 is 5.43. The van der Waals surface area contributed by atoms with E-state index < -0.39 is 0 Å². The van der Waals surface area contributed by atoms with Gasteiger partial charge in [0.1, 0.15) is 6.61 Å². The minimum absolute atomic E-state index is 0.0274. The Kier molecular flexibility index (Phi) is 6.25. The van der Waals surface area contributed by atoms with Crippen molar-refractivity contribution < 1.29 is 14.3 Å². The number of nitrogens with zero attached hydrogens (tertiary/aromatic N) is 3. The lowest BCUT2D eigenvalue weighted by atomic mass is 9.73. The quantitative estimate of drug-likeness (QED) is 0.731. The maximum Gasteiger partial charge on any atom is 0.248 e. The second-order valence-electron chi connectivity index (χ2n) is 7.58. The molecule has 1 atom stereocenters. The van der Waals surface area contributed by atoms with Crippen molar-refractivity contribution >= 4 is 11.8 Å². The molecule has 6 nitrogen and oxygen atoms in total. The van der Waals surface area contributed by atoms with E-state index >= 15 is 0 Å². The third-order valence-electron chi connectivity index (χ3n) is 5.46. The fraction of sp³-hybridized carbons (Fsp3) is 0.650. The molecule has 2 aliphatic rings. The Morgan fingerprint density at radius 2 is 2.08 bits per heavy atom. The zero-order chi connectivity index (χ0) is 18.4. The van der Waals surface area contributed by atoms with Crippen molar-refractivity contribution in [2.24, 2.45) is 5.41 Å². The Morgan fingerprint density at radius 1 is 1.27 bits per heavy atom. The van der Waals surface area contributed by atoms with Gasteiger partial charge in [0.25, 0.3) is 0 Å². The second-order valence-corrected chi connectivity index (χ2v) is 7.58. The summed E-state index contributed by atoms with van der Waals surface area (Å²) in [6.07, 6.45) is 7.96. The van der Waals surface area contributed by atoms with Crippen molar-refractivity contribution in [3.8, 4) is 0 Å². The van der Waals surface area contributed by atoms with E-state index in [0.717, 1.165) is 50.9 Å². The number of hydrogen-bond acceptors (Lipinski definition) is 4. The fourth-order valence-corrected chi connectivity index (χ4v) is 4.10. The van der Waals surface area contributed by atoms with Crippen LogP contribution in [0.4, 0.5) is 0 Å². The Balaban J connectivity index is 1.62. The van der Waals surface area contributed by atoms with Crippen LogP contribution in [0, 0.1) is 5.41 Å². The van der Waals surface area contributed by atoms with Gasteiger partial charge < -0.3 is 14.5 Å². The van der Waals surface area contributed by atoms with Crippen LogP contribution >= 0.6 is 0 Å². The maximum atomic E-state index is 12.4. The highest BCUT2D eigenvalue weighted by Gasteiger charge is 2.42. The van der Waals surface area contributed by atoms with Gasteiger partial charge >= 0.3 is 0 Å². The molecule has 2 aliphatic heterocycles. The average Bonchev–Trinajstić information content (AvgIpc) is 2.66. The predicted octanol–water partition coefficient (Wildman–Crippen LogP) is 2.24. The molecule has 26 heavy (non-hydrogen) atoms. The van der Waals surface area contributed by atoms with Crippen LogP contribution in [-0.2, 0) is 20.9 Å². The molecule has 0 bridgehead atoms. The standard InChI is InChI=1S/C20H29N3O3/c1-2-12-26-14-19(25)22-11-3-7-20(15-22)8-4-18(24)23(16-20)13-17-5-9-21-10-6-17/h5-6,9-10H,2-4,7-8,11-16H2,1H3. The van der Waals surface area contributed by atoms with Crippen LogP contribution in [0.5, 0.6) is 0 Å². The van der Waals surface area contributed by atoms with Gasteiger partial charge in [-0.25, -0.2) is 0 Å². The average molecular weight is 359 g/mol. The van der Waals surface area contributed by atoms with E-state index in [1.54, 1.807) is 12.4 Å². The van der Waals surface area contributed by atoms with E-state index in [0.29, 0.717) is 19.6 Å². The van der Waals surface area contributed by atoms with Gasteiger partial charge in [0.2, 0.25) is 11.8 Å². The van der Waals surface area contributed by atoms with E-state index in [1.165, 1.54) is 0 Å². The minimum Gasteiger partial charge on any atom is -0.372 e. The first kappa shape index (κ1) is 18.8. The molecule has 3 heterocycles. The molecule has 0 aromatic carbocycles. The number of likely N-dealkylation sites (tertiary alicyclic amines) is 2. The zero-order valence-corrected chi connectivity index (χ0v) is 15.7. The summed E-state index contributed by atoms with van der Waals surface area (Å²) in [7, 11) is 0. The van der Waals surface area contributed by atoms with E-state index in [4.69, 9.17) is 4.74 Å². The number of aromatic nitrogens is 1. The Hall–Kier alpha value is -1.95. The number of carbonyl (C=O) groups is 2. The van der Waals surface area contributed by atoms with Gasteiger partial charge in [-0.3, -0.25) is 14.6 Å². The molecule has 1 aromatic rings. The minimum atomic E-state index is 0.0274. The molecule has 1 unspecified atom stereocenters. The summed E-state index contributed by atoms with van der Waals surface area (Å²) in [5.74, 6) is 0.289. The molecule has 142 valence electrons. The summed E-state index contributed by atoms with van der Waals surface area (Å²) in [6, 6.07) is 3.91. The van der Waals surface area contributed by atoms with Crippen LogP contribution < -0.4 is 0 Å². The van der Waals surface area contributed by atoms with Crippen LogP contribution in [0.3, 0.4) is 0 Å². The highest BCUT2D eigenvalue weighted by molar-refractivity contribution is 5.78. The molecule has 0 radical (unpaired) electrons. The number of rotatable bonds is 6. The van der Waals surface area contributed by atoms with Gasteiger partial charge in [-0.2, -0.15) is 0 Å². The van der Waals surface area contributed by atoms with Gasteiger partial charge in [0.15, 0.2) is 0 Å². The lowest BCUT2D eigenvalue weighted by molar-refractivity contribution is -0.145. The Labute approximate surface area is 155 Å². The van der Waals surface area contributed by atoms with Crippen LogP contribution in [0.15, 0.2) is 24.5 Å². The molecule has 0 aliphatic carbocycles. The molecule has 1 spiro atoms. The monoisotopic (exact) mass is 359 g/mol. The van der Waals surface area contributed by atoms with Crippen molar-refractivity contribution in [1.82, 2.24) is 14.8 Å². The van der Waals surface area contributed by atoms with Crippen molar-refractivity contribution in [2.45, 2.75) is 45.6 Å². The highest BCUT2D eigenvalue weighted by Crippen LogP contribution is 2.39. The first-order chi connectivity index (χ1) is 12.6. The third kappa shape index (κ3) is 4.61. The summed E-state index contributed by atoms with van der Waals surface area (Å²) in [5, 5.41) is 0. The maximum absolute atomic E-state index is 12.4. The number of pyridine rings is 1. The number of ether oxygens (including phenoxy) is 1. The molecule has 0 N–H and O–H groups in total. The number of carbonyl (C=O) groups excluding carboxylic acids is 2. The van der Waals surface area contributed by atoms with E-state index in [2.05, 4.69) is 4.98 Å². The molecular weight excluding hydrogens is 330 g/mol. The van der Waals surface area contributed by atoms with Gasteiger partial charge in [-0.05, 0) is 43.4 Å². The number of amides is 2. The summed E-state index contributed by atoms with van der Waals surface area (Å²) in [4.78, 5) is 32.8. The predicted molar refractivity (Wildman–Crippen MR) is 98.2 cm³/mol. The zero-order valence-electron chi connectivity index (χ0n) is 15.7. The molecule has 2 saturated heterocycles. The van der Waals surface area contributed by atoms with Crippen molar-refractivity contribution in [3.05, 3.63) is 30.1 Å². The number of piperidine rings is 2. The van der Waals surface area contributed by atoms with Crippen LogP contribution in [0.25, 0.3) is 0 Å². The SMILES string of the molecule is CCCOCC(=O)N1CCCC2(CCC(=O)N(Cc3ccncc3)C2)C1. The van der Waals surface area contributed by atoms with E-state index in [1.807, 2.05) is 28.9 Å². The van der Waals surface area contributed by atoms with Gasteiger partial charge in [0, 0.05) is 57.0 Å². The first-order valence-electron chi connectivity index (χ1n) is 9.64. The largest absolute Gasteiger partial charge is 0.372 e. The highest BCUT2D eigenvalue weighted by atomic mass is 16.5. The molecular formula is C20H29N3O3. The molecule has 0 saturated carbocycles. The molecule has 2 fully saturated rings. The van der Waals surface area contributed by atoms with Crippen LogP contribution in [0.2, 0.25) is 0 Å². The van der Waals surface area contributed by atoms with E-state index in [9.17, 15) is 9.59 Å². The van der Waals surface area contributed by atoms with Crippen LogP contribution in [0.1, 0.15) is 44.6 Å². The normalized spacial score (nSPS) is 23.5. The summed E-state index contributed by atoms with van der Waals surface area (Å²) >= 11 is 0. The Morgan fingerprint density at radius 3 is 2.85 bits per heavy atom. The van der Waals surface area contributed by atoms with Crippen molar-refractivity contribution in [1.29, 1.82) is 0 Å². The molecule has 1 aromatic heterocycles. The van der Waals surface area contributed by atoms with E-state index in [-0.39, 0.29) is 23.8 Å². The molecule has 3 rings (SSSR count). The number of hydrogen-bond donors (Lipinski definition) is 0. The lowest BCUT2D eigenvalue weighted by Gasteiger charge is -2.48. The van der Waals surface area contributed by atoms with Crippen molar-refractivity contribution in [3.63, 3.8) is 0 Å². The van der Waals surface area contributed by atoms with Crippen LogP contribution in [-0.4, -0.2) is 59.4 Å². The molecule has 2 amide bonds. The van der Waals surface area contributed by atoms with Gasteiger partial charge in [0.05, 0.1) is 0 Å². The van der Waals surface area contributed by atoms with Gasteiger partial charge in [-0.15, -0.1) is 0 Å². The second kappa shape index (κ2) is 8.62. The summed E-state index contributed by atoms with van der Waals surface area (Å²) in [6.45, 7) is 5.72. The topological polar surface area (TPSA) is 62.7 Å². The van der Waals surface area contributed by atoms with Gasteiger partial charge in [-0.1, -0.05) is 6.92 Å². The molecule has 6 heteroatoms. The fourth-order valence-electron chi connectivity index (χ4n) is 4.10. The third-order valence-corrected chi connectivity index (χ3v) is 5.46. The Bertz CT molecular complexity index is 622. The lowest BCUT2D eigenvalue weighted by Crippen LogP contribution is -2.55. The smallest absolute Gasteiger partial charge is 0.248 e.